The summed E-state index contributed by atoms with van der Waals surface area (Å²) in [7, 11) is 0. The fraction of sp³-hybridized carbons (Fsp3) is 0.294. The van der Waals surface area contributed by atoms with Crippen LogP contribution in [0.2, 0.25) is 0 Å². The molecule has 2 aromatic rings. The number of aromatic nitrogens is 2. The molecule has 3 rings (SSSR count). The van der Waals surface area contributed by atoms with E-state index in [0.29, 0.717) is 5.52 Å². The molecule has 0 spiro atoms. The average molecular weight is 317 g/mol. The van der Waals surface area contributed by atoms with Crippen LogP contribution >= 0.6 is 0 Å². The zero-order chi connectivity index (χ0) is 16.6. The van der Waals surface area contributed by atoms with Gasteiger partial charge in [0.2, 0.25) is 0 Å². The number of fused-ring (bicyclic) bond motifs is 1. The normalized spacial score (nSPS) is 18.5. The van der Waals surface area contributed by atoms with Gasteiger partial charge >= 0.3 is 6.18 Å². The molecule has 0 saturated heterocycles. The second kappa shape index (κ2) is 5.58. The highest BCUT2D eigenvalue weighted by Crippen LogP contribution is 2.37. The smallest absolute Gasteiger partial charge is 0.244 e. The summed E-state index contributed by atoms with van der Waals surface area (Å²) in [5.41, 5.74) is 1.74. The summed E-state index contributed by atoms with van der Waals surface area (Å²) in [6, 6.07) is 7.66. The van der Waals surface area contributed by atoms with Crippen molar-refractivity contribution in [2.24, 2.45) is 5.92 Å². The van der Waals surface area contributed by atoms with Crippen molar-refractivity contribution >= 4 is 16.6 Å². The fourth-order valence-electron chi connectivity index (χ4n) is 2.83. The van der Waals surface area contributed by atoms with E-state index in [1.807, 2.05) is 18.2 Å². The molecule has 1 aromatic carbocycles. The highest BCUT2D eigenvalue weighted by molar-refractivity contribution is 5.82. The van der Waals surface area contributed by atoms with Gasteiger partial charge in [0, 0.05) is 28.8 Å². The van der Waals surface area contributed by atoms with Crippen molar-refractivity contribution in [2.45, 2.75) is 25.9 Å². The lowest BCUT2D eigenvalue weighted by atomic mass is 9.92. The van der Waals surface area contributed by atoms with Gasteiger partial charge in [-0.3, -0.25) is 0 Å². The molecule has 0 saturated carbocycles. The number of hydrogen-bond donors (Lipinski definition) is 0. The van der Waals surface area contributed by atoms with E-state index in [4.69, 9.17) is 5.26 Å². The third kappa shape index (κ3) is 2.87. The number of nitrogens with zero attached hydrogens (tertiary/aromatic N) is 3. The molecule has 3 nitrogen and oxygen atoms in total. The van der Waals surface area contributed by atoms with E-state index in [0.717, 1.165) is 22.7 Å². The third-order valence-corrected chi connectivity index (χ3v) is 4.00. The molecule has 1 aromatic heterocycles. The second-order valence-corrected chi connectivity index (χ2v) is 5.65. The Morgan fingerprint density at radius 2 is 2.13 bits per heavy atom. The first-order valence-corrected chi connectivity index (χ1v) is 7.22. The third-order valence-electron chi connectivity index (χ3n) is 4.00. The summed E-state index contributed by atoms with van der Waals surface area (Å²) in [4.78, 5) is 0. The average Bonchev–Trinajstić information content (AvgIpc) is 2.91. The van der Waals surface area contributed by atoms with Crippen LogP contribution in [0, 0.1) is 17.2 Å². The van der Waals surface area contributed by atoms with E-state index in [2.05, 4.69) is 11.2 Å². The lowest BCUT2D eigenvalue weighted by Gasteiger charge is -2.22. The van der Waals surface area contributed by atoms with Gasteiger partial charge in [-0.2, -0.15) is 23.5 Å². The van der Waals surface area contributed by atoms with E-state index in [1.54, 1.807) is 17.8 Å². The highest BCUT2D eigenvalue weighted by Gasteiger charge is 2.36. The van der Waals surface area contributed by atoms with Gasteiger partial charge in [0.25, 0.3) is 0 Å². The van der Waals surface area contributed by atoms with Gasteiger partial charge in [-0.1, -0.05) is 31.2 Å². The van der Waals surface area contributed by atoms with Crippen LogP contribution in [0.4, 0.5) is 13.2 Å². The Morgan fingerprint density at radius 3 is 2.78 bits per heavy atom. The van der Waals surface area contributed by atoms with Crippen molar-refractivity contribution in [3.8, 4) is 6.07 Å². The van der Waals surface area contributed by atoms with Crippen LogP contribution in [-0.2, 0) is 6.42 Å². The molecule has 0 bridgehead atoms. The largest absolute Gasteiger partial charge is 0.412 e. The van der Waals surface area contributed by atoms with Crippen LogP contribution in [0.1, 0.15) is 18.9 Å². The van der Waals surface area contributed by atoms with Crippen LogP contribution < -0.4 is 0 Å². The van der Waals surface area contributed by atoms with Gasteiger partial charge in [-0.05, 0) is 18.1 Å². The van der Waals surface area contributed by atoms with Gasteiger partial charge in [-0.15, -0.1) is 0 Å². The van der Waals surface area contributed by atoms with Crippen molar-refractivity contribution in [3.63, 3.8) is 0 Å². The molecule has 1 aliphatic rings. The molecule has 23 heavy (non-hydrogen) atoms. The van der Waals surface area contributed by atoms with Crippen molar-refractivity contribution in [1.29, 1.82) is 5.26 Å². The lowest BCUT2D eigenvalue weighted by Crippen LogP contribution is -2.19. The monoisotopic (exact) mass is 317 g/mol. The van der Waals surface area contributed by atoms with Gasteiger partial charge in [0.05, 0.1) is 18.0 Å². The molecular formula is C17H14F3N3. The minimum Gasteiger partial charge on any atom is -0.244 e. The molecule has 0 aliphatic heterocycles. The fourth-order valence-corrected chi connectivity index (χ4v) is 2.83. The van der Waals surface area contributed by atoms with Crippen molar-refractivity contribution in [3.05, 3.63) is 47.7 Å². The van der Waals surface area contributed by atoms with Gasteiger partial charge in [-0.25, -0.2) is 4.68 Å². The maximum Gasteiger partial charge on any atom is 0.412 e. The number of halogens is 3. The van der Waals surface area contributed by atoms with E-state index in [9.17, 15) is 13.2 Å². The Morgan fingerprint density at radius 1 is 1.35 bits per heavy atom. The van der Waals surface area contributed by atoms with Crippen LogP contribution in [0.15, 0.2) is 42.1 Å². The second-order valence-electron chi connectivity index (χ2n) is 5.65. The minimum absolute atomic E-state index is 0.0589. The van der Waals surface area contributed by atoms with E-state index >= 15 is 0 Å². The number of benzene rings is 1. The van der Waals surface area contributed by atoms with E-state index in [-0.39, 0.29) is 18.8 Å². The SMILES string of the molecule is CC1CC(C(F)(F)F)=CC=C1n1cc2cccc(CC#N)c2n1. The first kappa shape index (κ1) is 15.3. The van der Waals surface area contributed by atoms with Crippen molar-refractivity contribution in [2.75, 3.05) is 0 Å². The molecule has 1 atom stereocenters. The number of alkyl halides is 3. The zero-order valence-electron chi connectivity index (χ0n) is 12.4. The molecule has 1 heterocycles. The lowest BCUT2D eigenvalue weighted by molar-refractivity contribution is -0.0948. The molecule has 0 N–H and O–H groups in total. The Labute approximate surface area is 131 Å². The first-order valence-electron chi connectivity index (χ1n) is 7.22. The van der Waals surface area contributed by atoms with Gasteiger partial charge in [0.1, 0.15) is 0 Å². The molecule has 0 amide bonds. The Balaban J connectivity index is 2.04. The molecule has 118 valence electrons. The van der Waals surface area contributed by atoms with Gasteiger partial charge < -0.3 is 0 Å². The Hall–Kier alpha value is -2.55. The summed E-state index contributed by atoms with van der Waals surface area (Å²) in [6.45, 7) is 1.76. The molecule has 0 radical (unpaired) electrons. The summed E-state index contributed by atoms with van der Waals surface area (Å²) in [6.07, 6.45) is 0.304. The summed E-state index contributed by atoms with van der Waals surface area (Å²) in [5, 5.41) is 14.2. The van der Waals surface area contributed by atoms with Crippen LogP contribution in [-0.4, -0.2) is 16.0 Å². The Bertz CT molecular complexity index is 850. The predicted molar refractivity (Wildman–Crippen MR) is 81.2 cm³/mol. The molecule has 6 heteroatoms. The van der Waals surface area contributed by atoms with E-state index in [1.165, 1.54) is 6.08 Å². The summed E-state index contributed by atoms with van der Waals surface area (Å²) < 4.78 is 40.0. The van der Waals surface area contributed by atoms with Crippen molar-refractivity contribution < 1.29 is 13.2 Å². The standard InChI is InChI=1S/C17H14F3N3/c1-11-9-14(17(18,19)20)5-6-15(11)23-10-13-4-2-3-12(7-8-21)16(13)22-23/h2-6,10-11H,7,9H2,1H3. The van der Waals surface area contributed by atoms with Crippen LogP contribution in [0.5, 0.6) is 0 Å². The minimum atomic E-state index is -4.29. The van der Waals surface area contributed by atoms with Crippen molar-refractivity contribution in [1.82, 2.24) is 9.78 Å². The van der Waals surface area contributed by atoms with Crippen LogP contribution in [0.3, 0.4) is 0 Å². The topological polar surface area (TPSA) is 41.6 Å². The molecule has 0 fully saturated rings. The van der Waals surface area contributed by atoms with Gasteiger partial charge in [0.15, 0.2) is 0 Å². The number of allylic oxidation sites excluding steroid dienone is 4. The molecule has 1 aliphatic carbocycles. The maximum absolute atomic E-state index is 12.8. The summed E-state index contributed by atoms with van der Waals surface area (Å²) in [5.74, 6) is -0.287. The predicted octanol–water partition coefficient (Wildman–Crippen LogP) is 4.47. The number of rotatable bonds is 2. The zero-order valence-corrected chi connectivity index (χ0v) is 12.4. The highest BCUT2D eigenvalue weighted by atomic mass is 19.4. The maximum atomic E-state index is 12.8. The summed E-state index contributed by atoms with van der Waals surface area (Å²) >= 11 is 0. The number of hydrogen-bond acceptors (Lipinski definition) is 2. The first-order chi connectivity index (χ1) is 10.9. The molecular weight excluding hydrogens is 303 g/mol. The quantitative estimate of drug-likeness (QED) is 0.820. The molecule has 1 unspecified atom stereocenters. The number of nitriles is 1. The van der Waals surface area contributed by atoms with Crippen LogP contribution in [0.25, 0.3) is 16.6 Å². The van der Waals surface area contributed by atoms with E-state index < -0.39 is 11.7 Å². The Kier molecular flexibility index (Phi) is 3.72.